The molecule has 3 rings (SSSR count). The predicted molar refractivity (Wildman–Crippen MR) is 73.8 cm³/mol. The highest BCUT2D eigenvalue weighted by atomic mass is 15.1. The van der Waals surface area contributed by atoms with Gasteiger partial charge in [-0.05, 0) is 19.3 Å². The summed E-state index contributed by atoms with van der Waals surface area (Å²) >= 11 is 0. The summed E-state index contributed by atoms with van der Waals surface area (Å²) in [5, 5.41) is 3.45. The zero-order valence-electron chi connectivity index (χ0n) is 11.5. The van der Waals surface area contributed by atoms with Gasteiger partial charge >= 0.3 is 0 Å². The molecule has 0 bridgehead atoms. The van der Waals surface area contributed by atoms with E-state index in [1.165, 1.54) is 68.7 Å². The van der Waals surface area contributed by atoms with Crippen LogP contribution in [0.3, 0.4) is 0 Å². The third-order valence-electron chi connectivity index (χ3n) is 4.47. The zero-order chi connectivity index (χ0) is 12.4. The average Bonchev–Trinajstić information content (AvgIpc) is 3.03. The van der Waals surface area contributed by atoms with Gasteiger partial charge in [-0.15, -0.1) is 0 Å². The van der Waals surface area contributed by atoms with Crippen LogP contribution in [0.15, 0.2) is 0 Å². The van der Waals surface area contributed by atoms with Crippen molar-refractivity contribution in [3.63, 3.8) is 0 Å². The number of nitrogens with zero attached hydrogens (tertiary/aromatic N) is 2. The summed E-state index contributed by atoms with van der Waals surface area (Å²) in [6.45, 7) is 5.56. The zero-order valence-corrected chi connectivity index (χ0v) is 11.5. The summed E-state index contributed by atoms with van der Waals surface area (Å²) < 4.78 is 2.58. The molecule has 0 spiro atoms. The lowest BCUT2D eigenvalue weighted by Crippen LogP contribution is -2.25. The number of rotatable bonds is 4. The minimum Gasteiger partial charge on any atom is -0.331 e. The summed E-state index contributed by atoms with van der Waals surface area (Å²) in [4.78, 5) is 4.99. The quantitative estimate of drug-likeness (QED) is 0.886. The number of aromatic nitrogens is 2. The van der Waals surface area contributed by atoms with Crippen LogP contribution >= 0.6 is 0 Å². The van der Waals surface area contributed by atoms with Crippen molar-refractivity contribution >= 4 is 0 Å². The molecule has 0 radical (unpaired) electrons. The number of unbranched alkanes of at least 4 members (excludes halogenated alkanes) is 1. The van der Waals surface area contributed by atoms with Gasteiger partial charge in [0, 0.05) is 37.7 Å². The molecular formula is C15H25N3. The first-order chi connectivity index (χ1) is 8.90. The fourth-order valence-electron chi connectivity index (χ4n) is 3.45. The van der Waals surface area contributed by atoms with Crippen LogP contribution in [0.25, 0.3) is 0 Å². The molecule has 1 N–H and O–H groups in total. The topological polar surface area (TPSA) is 29.9 Å². The maximum absolute atomic E-state index is 4.99. The van der Waals surface area contributed by atoms with E-state index in [0.717, 1.165) is 19.0 Å². The molecule has 0 atom stereocenters. The van der Waals surface area contributed by atoms with Crippen molar-refractivity contribution in [2.24, 2.45) is 0 Å². The Bertz CT molecular complexity index is 402. The molecule has 100 valence electrons. The lowest BCUT2D eigenvalue weighted by Gasteiger charge is -2.17. The Kier molecular flexibility index (Phi) is 3.69. The van der Waals surface area contributed by atoms with Gasteiger partial charge < -0.3 is 9.88 Å². The second-order valence-corrected chi connectivity index (χ2v) is 5.78. The second-order valence-electron chi connectivity index (χ2n) is 5.78. The van der Waals surface area contributed by atoms with Crippen LogP contribution < -0.4 is 5.32 Å². The summed E-state index contributed by atoms with van der Waals surface area (Å²) in [5.74, 6) is 2.15. The molecule has 0 saturated heterocycles. The SMILES string of the molecule is CCCCn1c(C2CCCC2)nc2c1CCNC2. The molecule has 1 aliphatic heterocycles. The first-order valence-corrected chi connectivity index (χ1v) is 7.69. The highest BCUT2D eigenvalue weighted by Crippen LogP contribution is 2.35. The summed E-state index contributed by atoms with van der Waals surface area (Å²) in [5.41, 5.74) is 2.86. The van der Waals surface area contributed by atoms with Gasteiger partial charge in [-0.3, -0.25) is 0 Å². The Morgan fingerprint density at radius 1 is 1.33 bits per heavy atom. The Morgan fingerprint density at radius 3 is 2.94 bits per heavy atom. The summed E-state index contributed by atoms with van der Waals surface area (Å²) in [7, 11) is 0. The Hall–Kier alpha value is -0.830. The van der Waals surface area contributed by atoms with E-state index < -0.39 is 0 Å². The van der Waals surface area contributed by atoms with Gasteiger partial charge in [0.1, 0.15) is 5.82 Å². The van der Waals surface area contributed by atoms with E-state index in [0.29, 0.717) is 0 Å². The number of imidazole rings is 1. The van der Waals surface area contributed by atoms with Crippen LogP contribution in [-0.4, -0.2) is 16.1 Å². The van der Waals surface area contributed by atoms with Gasteiger partial charge in [0.25, 0.3) is 0 Å². The van der Waals surface area contributed by atoms with Crippen molar-refractivity contribution in [1.82, 2.24) is 14.9 Å². The van der Waals surface area contributed by atoms with E-state index in [1.54, 1.807) is 0 Å². The molecule has 3 heteroatoms. The molecule has 1 aromatic rings. The van der Waals surface area contributed by atoms with Gasteiger partial charge in [-0.25, -0.2) is 4.98 Å². The molecule has 0 amide bonds. The van der Waals surface area contributed by atoms with Gasteiger partial charge in [-0.2, -0.15) is 0 Å². The van der Waals surface area contributed by atoms with Gasteiger partial charge in [0.05, 0.1) is 5.69 Å². The molecule has 1 saturated carbocycles. The maximum atomic E-state index is 4.99. The van der Waals surface area contributed by atoms with E-state index in [1.807, 2.05) is 0 Å². The Balaban J connectivity index is 1.92. The molecule has 1 aromatic heterocycles. The first kappa shape index (κ1) is 12.2. The van der Waals surface area contributed by atoms with Crippen LogP contribution in [0.4, 0.5) is 0 Å². The third kappa shape index (κ3) is 2.20. The van der Waals surface area contributed by atoms with Crippen molar-refractivity contribution in [3.05, 3.63) is 17.2 Å². The largest absolute Gasteiger partial charge is 0.331 e. The average molecular weight is 247 g/mol. The van der Waals surface area contributed by atoms with Crippen LogP contribution in [0, 0.1) is 0 Å². The highest BCUT2D eigenvalue weighted by molar-refractivity contribution is 5.22. The van der Waals surface area contributed by atoms with E-state index >= 15 is 0 Å². The number of hydrogen-bond donors (Lipinski definition) is 1. The fourth-order valence-corrected chi connectivity index (χ4v) is 3.45. The van der Waals surface area contributed by atoms with Crippen molar-refractivity contribution in [3.8, 4) is 0 Å². The molecule has 1 aliphatic carbocycles. The molecule has 18 heavy (non-hydrogen) atoms. The standard InChI is InChI=1S/C15H25N3/c1-2-3-10-18-14-8-9-16-11-13(14)17-15(18)12-6-4-5-7-12/h12,16H,2-11H2,1H3. The Morgan fingerprint density at radius 2 is 2.17 bits per heavy atom. The van der Waals surface area contributed by atoms with Crippen LogP contribution in [0.5, 0.6) is 0 Å². The van der Waals surface area contributed by atoms with Gasteiger partial charge in [0.2, 0.25) is 0 Å². The van der Waals surface area contributed by atoms with Crippen molar-refractivity contribution in [1.29, 1.82) is 0 Å². The maximum Gasteiger partial charge on any atom is 0.112 e. The predicted octanol–water partition coefficient (Wildman–Crippen LogP) is 2.99. The van der Waals surface area contributed by atoms with E-state index in [-0.39, 0.29) is 0 Å². The molecule has 1 fully saturated rings. The minimum atomic E-state index is 0.743. The summed E-state index contributed by atoms with van der Waals surface area (Å²) in [6.07, 6.45) is 9.23. The lowest BCUT2D eigenvalue weighted by molar-refractivity contribution is 0.531. The van der Waals surface area contributed by atoms with Gasteiger partial charge in [-0.1, -0.05) is 26.2 Å². The lowest BCUT2D eigenvalue weighted by atomic mass is 10.1. The van der Waals surface area contributed by atoms with Crippen molar-refractivity contribution in [2.45, 2.75) is 70.9 Å². The number of hydrogen-bond acceptors (Lipinski definition) is 2. The van der Waals surface area contributed by atoms with Crippen LogP contribution in [-0.2, 0) is 19.5 Å². The minimum absolute atomic E-state index is 0.743. The molecule has 0 unspecified atom stereocenters. The number of fused-ring (bicyclic) bond motifs is 1. The molecule has 0 aromatic carbocycles. The normalized spacial score (nSPS) is 20.3. The fraction of sp³-hybridized carbons (Fsp3) is 0.800. The Labute approximate surface area is 110 Å². The highest BCUT2D eigenvalue weighted by Gasteiger charge is 2.26. The van der Waals surface area contributed by atoms with Crippen LogP contribution in [0.2, 0.25) is 0 Å². The summed E-state index contributed by atoms with van der Waals surface area (Å²) in [6, 6.07) is 0. The van der Waals surface area contributed by atoms with Crippen molar-refractivity contribution < 1.29 is 0 Å². The first-order valence-electron chi connectivity index (χ1n) is 7.69. The van der Waals surface area contributed by atoms with E-state index in [4.69, 9.17) is 4.98 Å². The third-order valence-corrected chi connectivity index (χ3v) is 4.47. The van der Waals surface area contributed by atoms with Gasteiger partial charge in [0.15, 0.2) is 0 Å². The molecule has 2 aliphatic rings. The number of nitrogens with one attached hydrogen (secondary N) is 1. The molecule has 3 nitrogen and oxygen atoms in total. The smallest absolute Gasteiger partial charge is 0.112 e. The second kappa shape index (κ2) is 5.43. The molecular weight excluding hydrogens is 222 g/mol. The van der Waals surface area contributed by atoms with E-state index in [2.05, 4.69) is 16.8 Å². The van der Waals surface area contributed by atoms with E-state index in [9.17, 15) is 0 Å². The molecule has 2 heterocycles. The van der Waals surface area contributed by atoms with Crippen LogP contribution in [0.1, 0.15) is 68.6 Å². The monoisotopic (exact) mass is 247 g/mol. The van der Waals surface area contributed by atoms with Crippen molar-refractivity contribution in [2.75, 3.05) is 6.54 Å².